The van der Waals surface area contributed by atoms with Crippen molar-refractivity contribution in [1.82, 2.24) is 0 Å². The molecule has 0 saturated carbocycles. The van der Waals surface area contributed by atoms with Crippen molar-refractivity contribution in [2.45, 2.75) is 232 Å². The molecule has 2 unspecified atom stereocenters. The molecule has 0 fully saturated rings. The number of carbonyl (C=O) groups is 2. The molecule has 1 N–H and O–H groups in total. The first-order valence-corrected chi connectivity index (χ1v) is 23.5. The zero-order valence-electron chi connectivity index (χ0n) is 34.2. The molecule has 0 rings (SSSR count). The summed E-state index contributed by atoms with van der Waals surface area (Å²) in [6, 6.07) is 0. The Kier molecular flexibility index (Phi) is 38.6. The fourth-order valence-electron chi connectivity index (χ4n) is 6.33. The van der Waals surface area contributed by atoms with Crippen molar-refractivity contribution in [3.8, 4) is 0 Å². The predicted octanol–water partition coefficient (Wildman–Crippen LogP) is 13.7. The molecule has 9 heteroatoms. The Balaban J connectivity index is 4.00. The maximum absolute atomic E-state index is 12.5. The molecule has 0 aliphatic carbocycles. The van der Waals surface area contributed by atoms with Crippen LogP contribution in [0, 0.1) is 0 Å². The number of unbranched alkanes of at least 4 members (excludes halogenated alkanes) is 27. The Morgan fingerprint density at radius 1 is 0.500 bits per heavy atom. The van der Waals surface area contributed by atoms with Crippen molar-refractivity contribution in [2.75, 3.05) is 19.8 Å². The van der Waals surface area contributed by atoms with E-state index in [1.165, 1.54) is 154 Å². The number of esters is 2. The van der Waals surface area contributed by atoms with Crippen LogP contribution in [0.3, 0.4) is 0 Å². The minimum atomic E-state index is -4.27. The zero-order chi connectivity index (χ0) is 38.2. The molecule has 0 aromatic rings. The van der Waals surface area contributed by atoms with Gasteiger partial charge in [0.05, 0.1) is 13.2 Å². The van der Waals surface area contributed by atoms with Crippen LogP contribution in [-0.4, -0.2) is 42.8 Å². The zero-order valence-corrected chi connectivity index (χ0v) is 35.1. The van der Waals surface area contributed by atoms with Crippen LogP contribution in [0.2, 0.25) is 0 Å². The van der Waals surface area contributed by atoms with Crippen LogP contribution in [0.1, 0.15) is 226 Å². The summed E-state index contributed by atoms with van der Waals surface area (Å²) >= 11 is 0. The molecule has 0 aliphatic heterocycles. The molecule has 308 valence electrons. The number of phosphoric acid groups is 1. The maximum atomic E-state index is 12.5. The molecule has 0 amide bonds. The maximum Gasteiger partial charge on any atom is 0.472 e. The average molecular weight is 759 g/mol. The number of hydrogen-bond acceptors (Lipinski definition) is 7. The predicted molar refractivity (Wildman–Crippen MR) is 216 cm³/mol. The molecule has 0 saturated heterocycles. The molecule has 0 radical (unpaired) electrons. The second kappa shape index (κ2) is 39.5. The lowest BCUT2D eigenvalue weighted by Gasteiger charge is -2.19. The second-order valence-electron chi connectivity index (χ2n) is 14.7. The summed E-state index contributed by atoms with van der Waals surface area (Å²) < 4.78 is 32.6. The fraction of sp³-hybridized carbons (Fsp3) is 0.907. The molecule has 0 bridgehead atoms. The van der Waals surface area contributed by atoms with Gasteiger partial charge in [0.25, 0.3) is 0 Å². The fourth-order valence-corrected chi connectivity index (χ4v) is 7.09. The minimum Gasteiger partial charge on any atom is -0.462 e. The van der Waals surface area contributed by atoms with E-state index in [9.17, 15) is 19.0 Å². The van der Waals surface area contributed by atoms with E-state index in [4.69, 9.17) is 18.5 Å². The minimum absolute atomic E-state index is 0.00322. The van der Waals surface area contributed by atoms with Gasteiger partial charge in [0, 0.05) is 12.8 Å². The standard InChI is InChI=1S/C43H83O8P/c1-4-7-9-11-13-15-17-18-19-20-21-22-23-24-25-26-28-30-32-34-36-38-43(45)51-41(40-50-52(46,47)49-6-3)39-48-42(44)37-35-33-31-29-27-16-14-12-10-8-5-2/h20-21,41H,4-19,22-40H2,1-3H3,(H,46,47)/b21-20-. The number of ether oxygens (including phenoxy) is 2. The van der Waals surface area contributed by atoms with E-state index < -0.39 is 19.9 Å². The Morgan fingerprint density at radius 3 is 1.27 bits per heavy atom. The molecule has 8 nitrogen and oxygen atoms in total. The van der Waals surface area contributed by atoms with Gasteiger partial charge in [-0.15, -0.1) is 0 Å². The molecule has 0 aromatic carbocycles. The van der Waals surface area contributed by atoms with Crippen LogP contribution in [0.15, 0.2) is 12.2 Å². The lowest BCUT2D eigenvalue weighted by atomic mass is 10.1. The highest BCUT2D eigenvalue weighted by Gasteiger charge is 2.25. The Hall–Kier alpha value is -1.21. The first-order valence-electron chi connectivity index (χ1n) is 22.0. The molecular weight excluding hydrogens is 675 g/mol. The van der Waals surface area contributed by atoms with Gasteiger partial charge >= 0.3 is 19.8 Å². The van der Waals surface area contributed by atoms with Gasteiger partial charge in [0.1, 0.15) is 6.61 Å². The molecule has 0 heterocycles. The highest BCUT2D eigenvalue weighted by Crippen LogP contribution is 2.43. The van der Waals surface area contributed by atoms with Crippen molar-refractivity contribution in [3.05, 3.63) is 12.2 Å². The molecule has 0 aliphatic rings. The van der Waals surface area contributed by atoms with E-state index in [2.05, 4.69) is 26.0 Å². The topological polar surface area (TPSA) is 108 Å². The summed E-state index contributed by atoms with van der Waals surface area (Å²) in [6.45, 7) is 5.49. The van der Waals surface area contributed by atoms with Crippen LogP contribution in [0.4, 0.5) is 0 Å². The van der Waals surface area contributed by atoms with Crippen molar-refractivity contribution in [3.63, 3.8) is 0 Å². The molecule has 52 heavy (non-hydrogen) atoms. The SMILES string of the molecule is CCCCCCCCCC/C=C\CCCCCCCCCCCC(=O)OC(COC(=O)CCCCCCCCCCCCC)COP(=O)(O)OCC. The molecule has 0 spiro atoms. The van der Waals surface area contributed by atoms with Crippen LogP contribution < -0.4 is 0 Å². The van der Waals surface area contributed by atoms with Gasteiger partial charge in [-0.1, -0.05) is 180 Å². The van der Waals surface area contributed by atoms with Crippen molar-refractivity contribution in [1.29, 1.82) is 0 Å². The summed E-state index contributed by atoms with van der Waals surface area (Å²) in [7, 11) is -4.27. The quantitative estimate of drug-likeness (QED) is 0.0284. The monoisotopic (exact) mass is 759 g/mol. The highest BCUT2D eigenvalue weighted by atomic mass is 31.2. The van der Waals surface area contributed by atoms with Gasteiger partial charge in [0.2, 0.25) is 0 Å². The van der Waals surface area contributed by atoms with Gasteiger partial charge in [-0.05, 0) is 45.4 Å². The number of phosphoric ester groups is 1. The summed E-state index contributed by atoms with van der Waals surface area (Å²) in [5.41, 5.74) is 0. The average Bonchev–Trinajstić information content (AvgIpc) is 3.12. The summed E-state index contributed by atoms with van der Waals surface area (Å²) in [4.78, 5) is 34.7. The lowest BCUT2D eigenvalue weighted by Crippen LogP contribution is -2.29. The van der Waals surface area contributed by atoms with Gasteiger partial charge in [-0.2, -0.15) is 0 Å². The van der Waals surface area contributed by atoms with Crippen molar-refractivity contribution in [2.24, 2.45) is 0 Å². The van der Waals surface area contributed by atoms with E-state index in [1.807, 2.05) is 0 Å². The van der Waals surface area contributed by atoms with Crippen LogP contribution in [0.25, 0.3) is 0 Å². The summed E-state index contributed by atoms with van der Waals surface area (Å²) in [5, 5.41) is 0. The Labute approximate surface area is 320 Å². The third-order valence-corrected chi connectivity index (χ3v) is 10.6. The van der Waals surface area contributed by atoms with E-state index in [0.717, 1.165) is 32.1 Å². The van der Waals surface area contributed by atoms with Crippen LogP contribution in [0.5, 0.6) is 0 Å². The lowest BCUT2D eigenvalue weighted by molar-refractivity contribution is -0.161. The summed E-state index contributed by atoms with van der Waals surface area (Å²) in [5.74, 6) is -0.791. The highest BCUT2D eigenvalue weighted by molar-refractivity contribution is 7.47. The number of carbonyl (C=O) groups excluding carboxylic acids is 2. The number of allylic oxidation sites excluding steroid dienone is 2. The van der Waals surface area contributed by atoms with Crippen LogP contribution in [-0.2, 0) is 32.7 Å². The van der Waals surface area contributed by atoms with Gasteiger partial charge < -0.3 is 14.4 Å². The Bertz CT molecular complexity index is 864. The molecule has 2 atom stereocenters. The first-order chi connectivity index (χ1) is 25.3. The van der Waals surface area contributed by atoms with Crippen LogP contribution >= 0.6 is 7.82 Å². The van der Waals surface area contributed by atoms with Crippen molar-refractivity contribution >= 4 is 19.8 Å². The molecular formula is C43H83O8P. The van der Waals surface area contributed by atoms with E-state index in [0.29, 0.717) is 12.8 Å². The Morgan fingerprint density at radius 2 is 0.865 bits per heavy atom. The van der Waals surface area contributed by atoms with Gasteiger partial charge in [-0.25, -0.2) is 4.57 Å². The number of hydrogen-bond donors (Lipinski definition) is 1. The number of rotatable bonds is 41. The van der Waals surface area contributed by atoms with E-state index in [1.54, 1.807) is 6.92 Å². The van der Waals surface area contributed by atoms with Gasteiger partial charge in [-0.3, -0.25) is 18.6 Å². The first kappa shape index (κ1) is 50.8. The molecule has 0 aromatic heterocycles. The second-order valence-corrected chi connectivity index (χ2v) is 16.2. The van der Waals surface area contributed by atoms with Crippen molar-refractivity contribution < 1.29 is 37.6 Å². The largest absolute Gasteiger partial charge is 0.472 e. The van der Waals surface area contributed by atoms with E-state index >= 15 is 0 Å². The van der Waals surface area contributed by atoms with E-state index in [-0.39, 0.29) is 32.2 Å². The third kappa shape index (κ3) is 38.5. The summed E-state index contributed by atoms with van der Waals surface area (Å²) in [6.07, 6.45) is 41.3. The smallest absolute Gasteiger partial charge is 0.462 e. The normalized spacial score (nSPS) is 13.4. The van der Waals surface area contributed by atoms with Gasteiger partial charge in [0.15, 0.2) is 6.10 Å². The third-order valence-electron chi connectivity index (χ3n) is 9.57.